The number of carbonyl (C=O) groups excluding carboxylic acids is 2. The van der Waals surface area contributed by atoms with Crippen molar-refractivity contribution in [2.75, 3.05) is 0 Å². The molecule has 0 radical (unpaired) electrons. The quantitative estimate of drug-likeness (QED) is 0.330. The SMILES string of the molecule is CC(=O)/C=C(\C)[O-].CC(=O)/C=C(\C)[O-].O.O.[Ni+2]. The minimum Gasteiger partial charge on any atom is -0.876 e. The summed E-state index contributed by atoms with van der Waals surface area (Å²) in [4.78, 5) is 20.0. The van der Waals surface area contributed by atoms with Crippen molar-refractivity contribution in [1.82, 2.24) is 0 Å². The Morgan fingerprint density at radius 3 is 0.941 bits per heavy atom. The smallest absolute Gasteiger partial charge is 0.876 e. The second kappa shape index (κ2) is 17.2. The van der Waals surface area contributed by atoms with Crippen molar-refractivity contribution in [2.24, 2.45) is 0 Å². The Morgan fingerprint density at radius 1 is 0.765 bits per heavy atom. The molecule has 17 heavy (non-hydrogen) atoms. The molecule has 0 aromatic carbocycles. The largest absolute Gasteiger partial charge is 2.00 e. The average molecular weight is 293 g/mol. The van der Waals surface area contributed by atoms with Crippen LogP contribution >= 0.6 is 0 Å². The summed E-state index contributed by atoms with van der Waals surface area (Å²) in [5.41, 5.74) is 0. The van der Waals surface area contributed by atoms with Crippen LogP contribution in [-0.2, 0) is 26.1 Å². The maximum Gasteiger partial charge on any atom is 2.00 e. The van der Waals surface area contributed by atoms with E-state index in [4.69, 9.17) is 0 Å². The number of allylic oxidation sites excluding steroid dienone is 4. The van der Waals surface area contributed by atoms with Crippen molar-refractivity contribution >= 4 is 11.6 Å². The summed E-state index contributed by atoms with van der Waals surface area (Å²) in [6.07, 6.45) is 2.11. The Balaban J connectivity index is -0.0000000480. The van der Waals surface area contributed by atoms with Gasteiger partial charge in [-0.25, -0.2) is 0 Å². The maximum absolute atomic E-state index is 9.98. The molecule has 0 unspecified atom stereocenters. The van der Waals surface area contributed by atoms with E-state index in [2.05, 4.69) is 0 Å². The van der Waals surface area contributed by atoms with Crippen LogP contribution in [0, 0.1) is 0 Å². The Labute approximate surface area is 111 Å². The molecule has 7 heteroatoms. The minimum absolute atomic E-state index is 0. The fraction of sp³-hybridized carbons (Fsp3) is 0.400. The predicted molar refractivity (Wildman–Crippen MR) is 56.1 cm³/mol. The Morgan fingerprint density at radius 2 is 0.941 bits per heavy atom. The first-order valence-corrected chi connectivity index (χ1v) is 3.97. The van der Waals surface area contributed by atoms with Crippen molar-refractivity contribution in [2.45, 2.75) is 27.7 Å². The van der Waals surface area contributed by atoms with Crippen molar-refractivity contribution in [1.29, 1.82) is 0 Å². The van der Waals surface area contributed by atoms with Gasteiger partial charge in [0, 0.05) is 0 Å². The summed E-state index contributed by atoms with van der Waals surface area (Å²) in [7, 11) is 0. The Bertz CT molecular complexity index is 234. The third-order valence-electron chi connectivity index (χ3n) is 0.813. The minimum atomic E-state index is -0.187. The molecule has 0 aromatic heterocycles. The zero-order chi connectivity index (χ0) is 11.7. The van der Waals surface area contributed by atoms with Crippen LogP contribution in [0.1, 0.15) is 27.7 Å². The second-order valence-corrected chi connectivity index (χ2v) is 2.73. The fourth-order valence-corrected chi connectivity index (χ4v) is 0.572. The van der Waals surface area contributed by atoms with Gasteiger partial charge in [-0.3, -0.25) is 9.59 Å². The maximum atomic E-state index is 9.98. The molecule has 0 bridgehead atoms. The molecule has 0 atom stereocenters. The molecule has 0 aliphatic carbocycles. The topological polar surface area (TPSA) is 143 Å². The molecular formula is C10H18NiO6. The van der Waals surface area contributed by atoms with E-state index in [1.807, 2.05) is 0 Å². The zero-order valence-corrected chi connectivity index (χ0v) is 11.1. The number of ketones is 2. The third kappa shape index (κ3) is 52.3. The van der Waals surface area contributed by atoms with Crippen molar-refractivity contribution < 1.29 is 47.2 Å². The van der Waals surface area contributed by atoms with Crippen molar-refractivity contribution in [3.05, 3.63) is 23.7 Å². The summed E-state index contributed by atoms with van der Waals surface area (Å²) in [6.45, 7) is 5.39. The van der Waals surface area contributed by atoms with Crippen LogP contribution in [0.25, 0.3) is 0 Å². The molecule has 0 aromatic rings. The molecule has 0 rings (SSSR count). The monoisotopic (exact) mass is 292 g/mol. The summed E-state index contributed by atoms with van der Waals surface area (Å²) >= 11 is 0. The van der Waals surface area contributed by atoms with Gasteiger partial charge in [-0.2, -0.15) is 0 Å². The molecule has 0 aliphatic rings. The van der Waals surface area contributed by atoms with Gasteiger partial charge in [-0.1, -0.05) is 13.8 Å². The molecule has 0 saturated heterocycles. The molecule has 0 heterocycles. The predicted octanol–water partition coefficient (Wildman–Crippen LogP) is -1.97. The normalized spacial score (nSPS) is 9.41. The van der Waals surface area contributed by atoms with Gasteiger partial charge >= 0.3 is 16.5 Å². The van der Waals surface area contributed by atoms with Gasteiger partial charge in [0.05, 0.1) is 0 Å². The summed E-state index contributed by atoms with van der Waals surface area (Å²) in [6, 6.07) is 0. The molecule has 4 N–H and O–H groups in total. The molecule has 0 aliphatic heterocycles. The molecule has 6 nitrogen and oxygen atoms in total. The number of rotatable bonds is 2. The van der Waals surface area contributed by atoms with Crippen LogP contribution in [0.3, 0.4) is 0 Å². The zero-order valence-electron chi connectivity index (χ0n) is 10.1. The first-order chi connectivity index (χ1) is 6.25. The second-order valence-electron chi connectivity index (χ2n) is 2.73. The summed E-state index contributed by atoms with van der Waals surface area (Å²) in [5, 5.41) is 20.0. The van der Waals surface area contributed by atoms with Crippen LogP contribution < -0.4 is 10.2 Å². The third-order valence-corrected chi connectivity index (χ3v) is 0.813. The van der Waals surface area contributed by atoms with Gasteiger partial charge in [0.25, 0.3) is 0 Å². The van der Waals surface area contributed by atoms with Crippen molar-refractivity contribution in [3.63, 3.8) is 0 Å². The summed E-state index contributed by atoms with van der Waals surface area (Å²) < 4.78 is 0. The van der Waals surface area contributed by atoms with E-state index >= 15 is 0 Å². The van der Waals surface area contributed by atoms with E-state index in [1.165, 1.54) is 27.7 Å². The van der Waals surface area contributed by atoms with Gasteiger partial charge in [-0.05, 0) is 26.0 Å². The molecular weight excluding hydrogens is 275 g/mol. The van der Waals surface area contributed by atoms with E-state index in [0.717, 1.165) is 12.2 Å². The summed E-state index contributed by atoms with van der Waals surface area (Å²) in [5.74, 6) is -0.750. The molecule has 0 spiro atoms. The first kappa shape index (κ1) is 29.7. The van der Waals surface area contributed by atoms with Gasteiger partial charge in [-0.15, -0.1) is 11.5 Å². The molecule has 104 valence electrons. The van der Waals surface area contributed by atoms with E-state index < -0.39 is 0 Å². The Hall–Kier alpha value is -1.17. The number of carbonyl (C=O) groups is 2. The van der Waals surface area contributed by atoms with Gasteiger partial charge in [0.2, 0.25) is 0 Å². The van der Waals surface area contributed by atoms with E-state index in [1.54, 1.807) is 0 Å². The number of hydrogen-bond acceptors (Lipinski definition) is 4. The van der Waals surface area contributed by atoms with Crippen LogP contribution in [0.15, 0.2) is 23.7 Å². The average Bonchev–Trinajstić information content (AvgIpc) is 1.79. The van der Waals surface area contributed by atoms with E-state index in [9.17, 15) is 19.8 Å². The molecule has 0 fully saturated rings. The van der Waals surface area contributed by atoms with E-state index in [0.29, 0.717) is 0 Å². The standard InChI is InChI=1S/2C5H8O2.Ni.2H2O/c2*1-4(6)3-5(2)7;;;/h2*3,6H,1-2H3;;2*1H2/q;;+2;;/p-2/b2*4-3+;;;. The van der Waals surface area contributed by atoms with Crippen LogP contribution in [-0.4, -0.2) is 22.5 Å². The van der Waals surface area contributed by atoms with Crippen molar-refractivity contribution in [3.8, 4) is 0 Å². The van der Waals surface area contributed by atoms with E-state index in [-0.39, 0.29) is 50.5 Å². The molecule has 0 saturated carbocycles. The van der Waals surface area contributed by atoms with Gasteiger partial charge < -0.3 is 21.2 Å². The van der Waals surface area contributed by atoms with Crippen LogP contribution in [0.2, 0.25) is 0 Å². The van der Waals surface area contributed by atoms with Gasteiger partial charge in [0.1, 0.15) is 0 Å². The Kier molecular flexibility index (Phi) is 30.1. The van der Waals surface area contributed by atoms with Crippen LogP contribution in [0.4, 0.5) is 0 Å². The first-order valence-electron chi connectivity index (χ1n) is 3.97. The fourth-order valence-electron chi connectivity index (χ4n) is 0.572. The number of hydrogen-bond donors (Lipinski definition) is 0. The van der Waals surface area contributed by atoms with Gasteiger partial charge in [0.15, 0.2) is 11.6 Å². The van der Waals surface area contributed by atoms with Crippen LogP contribution in [0.5, 0.6) is 0 Å². The molecule has 0 amide bonds.